The van der Waals surface area contributed by atoms with Crippen molar-refractivity contribution in [2.24, 2.45) is 0 Å². The fraction of sp³-hybridized carbons (Fsp3) is 0. The molecule has 3 aromatic rings. The third kappa shape index (κ3) is 2.24. The third-order valence-corrected chi connectivity index (χ3v) is 3.39. The molecule has 0 spiro atoms. The van der Waals surface area contributed by atoms with Crippen LogP contribution in [-0.2, 0) is 0 Å². The lowest BCUT2D eigenvalue weighted by Gasteiger charge is -2.04. The molecule has 4 nitrogen and oxygen atoms in total. The quantitative estimate of drug-likeness (QED) is 0.724. The predicted molar refractivity (Wildman–Crippen MR) is 78.3 cm³/mol. The maximum absolute atomic E-state index is 11.8. The topological polar surface area (TPSA) is 65.7 Å². The Morgan fingerprint density at radius 3 is 2.47 bits per heavy atom. The Kier molecular flexibility index (Phi) is 2.83. The van der Waals surface area contributed by atoms with Crippen LogP contribution in [0.1, 0.15) is 0 Å². The Bertz CT molecular complexity index is 880. The van der Waals surface area contributed by atoms with E-state index in [2.05, 4.69) is 25.9 Å². The van der Waals surface area contributed by atoms with E-state index in [0.717, 1.165) is 15.6 Å². The summed E-state index contributed by atoms with van der Waals surface area (Å²) in [5.41, 5.74) is 1.59. The van der Waals surface area contributed by atoms with Crippen molar-refractivity contribution in [2.45, 2.75) is 0 Å². The van der Waals surface area contributed by atoms with Gasteiger partial charge >= 0.3 is 5.69 Å². The number of aromatic amines is 2. The Labute approximate surface area is 116 Å². The lowest BCUT2D eigenvalue weighted by Crippen LogP contribution is -2.21. The molecule has 0 bridgehead atoms. The zero-order valence-electron chi connectivity index (χ0n) is 9.74. The van der Waals surface area contributed by atoms with E-state index in [0.29, 0.717) is 10.9 Å². The van der Waals surface area contributed by atoms with E-state index in [4.69, 9.17) is 0 Å². The van der Waals surface area contributed by atoms with Gasteiger partial charge in [-0.15, -0.1) is 0 Å². The Morgan fingerprint density at radius 1 is 0.895 bits per heavy atom. The predicted octanol–water partition coefficient (Wildman–Crippen LogP) is 2.65. The molecule has 5 heteroatoms. The van der Waals surface area contributed by atoms with Crippen LogP contribution in [0.2, 0.25) is 0 Å². The summed E-state index contributed by atoms with van der Waals surface area (Å²) in [7, 11) is 0. The molecular formula is C14H9BrN2O2. The molecule has 0 amide bonds. The second kappa shape index (κ2) is 4.51. The van der Waals surface area contributed by atoms with E-state index in [1.54, 1.807) is 12.1 Å². The Morgan fingerprint density at radius 2 is 1.68 bits per heavy atom. The van der Waals surface area contributed by atoms with Gasteiger partial charge in [0.15, 0.2) is 0 Å². The highest BCUT2D eigenvalue weighted by atomic mass is 79.9. The number of benzene rings is 2. The molecule has 0 saturated carbocycles. The van der Waals surface area contributed by atoms with Crippen molar-refractivity contribution >= 4 is 26.8 Å². The fourth-order valence-electron chi connectivity index (χ4n) is 2.01. The first-order valence-electron chi connectivity index (χ1n) is 5.66. The molecule has 1 heterocycles. The molecule has 0 aliphatic carbocycles. The molecule has 0 aliphatic heterocycles. The van der Waals surface area contributed by atoms with Gasteiger partial charge in [-0.2, -0.15) is 0 Å². The van der Waals surface area contributed by atoms with E-state index < -0.39 is 5.69 Å². The van der Waals surface area contributed by atoms with Crippen LogP contribution >= 0.6 is 15.9 Å². The van der Waals surface area contributed by atoms with Gasteiger partial charge in [-0.25, -0.2) is 4.79 Å². The van der Waals surface area contributed by atoms with E-state index in [9.17, 15) is 9.59 Å². The number of H-pyrrole nitrogens is 2. The van der Waals surface area contributed by atoms with Crippen LogP contribution < -0.4 is 11.2 Å². The molecule has 19 heavy (non-hydrogen) atoms. The highest BCUT2D eigenvalue weighted by Gasteiger charge is 2.04. The van der Waals surface area contributed by atoms with Crippen LogP contribution in [0.4, 0.5) is 0 Å². The summed E-state index contributed by atoms with van der Waals surface area (Å²) in [6, 6.07) is 13.2. The van der Waals surface area contributed by atoms with Crippen LogP contribution in [0, 0.1) is 0 Å². The summed E-state index contributed by atoms with van der Waals surface area (Å²) in [4.78, 5) is 27.8. The van der Waals surface area contributed by atoms with Crippen LogP contribution in [0.25, 0.3) is 22.0 Å². The SMILES string of the molecule is O=c1[nH]c(=O)c2cc(-c3cccc(Br)c3)ccc2[nH]1. The van der Waals surface area contributed by atoms with Gasteiger partial charge in [-0.05, 0) is 35.4 Å². The van der Waals surface area contributed by atoms with Gasteiger partial charge in [0.2, 0.25) is 0 Å². The van der Waals surface area contributed by atoms with Crippen molar-refractivity contribution in [1.29, 1.82) is 0 Å². The van der Waals surface area contributed by atoms with Crippen molar-refractivity contribution in [3.05, 3.63) is 67.8 Å². The minimum Gasteiger partial charge on any atom is -0.307 e. The normalized spacial score (nSPS) is 10.8. The average molecular weight is 317 g/mol. The summed E-state index contributed by atoms with van der Waals surface area (Å²) in [6.45, 7) is 0. The molecule has 1 aromatic heterocycles. The Balaban J connectivity index is 2.28. The Hall–Kier alpha value is -2.14. The first-order chi connectivity index (χ1) is 9.13. The zero-order valence-corrected chi connectivity index (χ0v) is 11.3. The highest BCUT2D eigenvalue weighted by molar-refractivity contribution is 9.10. The second-order valence-electron chi connectivity index (χ2n) is 4.18. The monoisotopic (exact) mass is 316 g/mol. The molecule has 0 radical (unpaired) electrons. The van der Waals surface area contributed by atoms with E-state index in [1.165, 1.54) is 0 Å². The van der Waals surface area contributed by atoms with Gasteiger partial charge in [0, 0.05) is 4.47 Å². The first-order valence-corrected chi connectivity index (χ1v) is 6.45. The molecule has 2 aromatic carbocycles. The maximum Gasteiger partial charge on any atom is 0.326 e. The van der Waals surface area contributed by atoms with E-state index in [1.807, 2.05) is 30.3 Å². The number of fused-ring (bicyclic) bond motifs is 1. The molecule has 2 N–H and O–H groups in total. The number of halogens is 1. The lowest BCUT2D eigenvalue weighted by molar-refractivity contribution is 1.08. The van der Waals surface area contributed by atoms with Crippen LogP contribution in [0.5, 0.6) is 0 Å². The second-order valence-corrected chi connectivity index (χ2v) is 5.09. The van der Waals surface area contributed by atoms with Crippen molar-refractivity contribution < 1.29 is 0 Å². The van der Waals surface area contributed by atoms with Gasteiger partial charge in [0.05, 0.1) is 10.9 Å². The van der Waals surface area contributed by atoms with Gasteiger partial charge in [-0.1, -0.05) is 34.1 Å². The largest absolute Gasteiger partial charge is 0.326 e. The maximum atomic E-state index is 11.8. The van der Waals surface area contributed by atoms with Crippen molar-refractivity contribution in [3.63, 3.8) is 0 Å². The lowest BCUT2D eigenvalue weighted by atomic mass is 10.0. The van der Waals surface area contributed by atoms with Crippen molar-refractivity contribution in [3.8, 4) is 11.1 Å². The molecular weight excluding hydrogens is 308 g/mol. The molecule has 0 fully saturated rings. The van der Waals surface area contributed by atoms with Gasteiger partial charge in [0.1, 0.15) is 0 Å². The van der Waals surface area contributed by atoms with E-state index in [-0.39, 0.29) is 5.56 Å². The summed E-state index contributed by atoms with van der Waals surface area (Å²) in [5.74, 6) is 0. The summed E-state index contributed by atoms with van der Waals surface area (Å²) in [6.07, 6.45) is 0. The molecule has 3 rings (SSSR count). The van der Waals surface area contributed by atoms with Crippen molar-refractivity contribution in [2.75, 3.05) is 0 Å². The van der Waals surface area contributed by atoms with Crippen LogP contribution in [0.3, 0.4) is 0 Å². The van der Waals surface area contributed by atoms with Crippen molar-refractivity contribution in [1.82, 2.24) is 9.97 Å². The fourth-order valence-corrected chi connectivity index (χ4v) is 2.41. The summed E-state index contributed by atoms with van der Waals surface area (Å²) < 4.78 is 0.973. The summed E-state index contributed by atoms with van der Waals surface area (Å²) in [5, 5.41) is 0.470. The minimum atomic E-state index is -0.493. The van der Waals surface area contributed by atoms with Gasteiger partial charge in [0.25, 0.3) is 5.56 Å². The molecule has 0 atom stereocenters. The number of hydrogen-bond donors (Lipinski definition) is 2. The standard InChI is InChI=1S/C14H9BrN2O2/c15-10-3-1-2-8(6-10)9-4-5-12-11(7-9)13(18)17-14(19)16-12/h1-7H,(H2,16,17,18,19). The number of aromatic nitrogens is 2. The number of rotatable bonds is 1. The smallest absolute Gasteiger partial charge is 0.307 e. The highest BCUT2D eigenvalue weighted by Crippen LogP contribution is 2.24. The zero-order chi connectivity index (χ0) is 13.4. The molecule has 0 aliphatic rings. The van der Waals surface area contributed by atoms with Gasteiger partial charge in [-0.3, -0.25) is 9.78 Å². The molecule has 94 valence electrons. The number of hydrogen-bond acceptors (Lipinski definition) is 2. The van der Waals surface area contributed by atoms with Gasteiger partial charge < -0.3 is 4.98 Å². The van der Waals surface area contributed by atoms with Crippen LogP contribution in [-0.4, -0.2) is 9.97 Å². The van der Waals surface area contributed by atoms with E-state index >= 15 is 0 Å². The molecule has 0 unspecified atom stereocenters. The first kappa shape index (κ1) is 11.9. The molecule has 0 saturated heterocycles. The average Bonchev–Trinajstić information content (AvgIpc) is 2.38. The van der Waals surface area contributed by atoms with Crippen LogP contribution in [0.15, 0.2) is 56.5 Å². The minimum absolute atomic E-state index is 0.379. The third-order valence-electron chi connectivity index (χ3n) is 2.90. The summed E-state index contributed by atoms with van der Waals surface area (Å²) >= 11 is 3.42. The number of nitrogens with one attached hydrogen (secondary N) is 2.